The van der Waals surface area contributed by atoms with Gasteiger partial charge in [-0.25, -0.2) is 4.79 Å². The molecule has 0 fully saturated rings. The molecule has 1 aromatic heterocycles. The SMILES string of the molecule is COc1ccc2c(=O)n(C(C)C(=O)OCc3ccccc3)ccc2c1. The first-order valence-corrected chi connectivity index (χ1v) is 7.99. The van der Waals surface area contributed by atoms with Crippen LogP contribution in [0.5, 0.6) is 5.75 Å². The molecule has 3 rings (SSSR count). The minimum atomic E-state index is -0.706. The zero-order chi connectivity index (χ0) is 17.8. The van der Waals surface area contributed by atoms with Gasteiger partial charge in [0, 0.05) is 11.6 Å². The van der Waals surface area contributed by atoms with Crippen LogP contribution in [0.15, 0.2) is 65.6 Å². The number of ether oxygens (including phenoxy) is 2. The van der Waals surface area contributed by atoms with Crippen molar-refractivity contribution < 1.29 is 14.3 Å². The third kappa shape index (κ3) is 3.55. The Bertz CT molecular complexity index is 947. The second kappa shape index (κ2) is 7.21. The molecule has 3 aromatic rings. The molecule has 1 unspecified atom stereocenters. The lowest BCUT2D eigenvalue weighted by Crippen LogP contribution is -2.28. The van der Waals surface area contributed by atoms with Gasteiger partial charge in [-0.05, 0) is 42.1 Å². The highest BCUT2D eigenvalue weighted by atomic mass is 16.5. The number of carbonyl (C=O) groups excluding carboxylic acids is 1. The van der Waals surface area contributed by atoms with E-state index in [1.807, 2.05) is 30.3 Å². The number of aromatic nitrogens is 1. The van der Waals surface area contributed by atoms with Crippen LogP contribution in [0, 0.1) is 0 Å². The Kier molecular flexibility index (Phi) is 4.84. The van der Waals surface area contributed by atoms with E-state index < -0.39 is 12.0 Å². The number of esters is 1. The number of nitrogens with zero attached hydrogens (tertiary/aromatic N) is 1. The summed E-state index contributed by atoms with van der Waals surface area (Å²) in [5, 5.41) is 1.30. The number of hydrogen-bond donors (Lipinski definition) is 0. The van der Waals surface area contributed by atoms with Gasteiger partial charge in [0.15, 0.2) is 0 Å². The third-order valence-electron chi connectivity index (χ3n) is 4.12. The van der Waals surface area contributed by atoms with Crippen molar-refractivity contribution in [2.24, 2.45) is 0 Å². The molecule has 5 heteroatoms. The van der Waals surface area contributed by atoms with Gasteiger partial charge < -0.3 is 14.0 Å². The van der Waals surface area contributed by atoms with Crippen molar-refractivity contribution in [3.63, 3.8) is 0 Å². The van der Waals surface area contributed by atoms with Crippen LogP contribution in [0.3, 0.4) is 0 Å². The van der Waals surface area contributed by atoms with Crippen molar-refractivity contribution in [3.05, 3.63) is 76.7 Å². The minimum Gasteiger partial charge on any atom is -0.497 e. The van der Waals surface area contributed by atoms with Crippen molar-refractivity contribution >= 4 is 16.7 Å². The van der Waals surface area contributed by atoms with E-state index in [2.05, 4.69) is 0 Å². The first-order chi connectivity index (χ1) is 12.1. The average Bonchev–Trinajstić information content (AvgIpc) is 2.66. The summed E-state index contributed by atoms with van der Waals surface area (Å²) in [6, 6.07) is 15.7. The van der Waals surface area contributed by atoms with Gasteiger partial charge >= 0.3 is 5.97 Å². The molecule has 0 aliphatic heterocycles. The average molecular weight is 337 g/mol. The molecule has 128 valence electrons. The summed E-state index contributed by atoms with van der Waals surface area (Å²) in [5.74, 6) is 0.235. The molecule has 0 bridgehead atoms. The molecule has 5 nitrogen and oxygen atoms in total. The molecule has 0 saturated heterocycles. The normalized spacial score (nSPS) is 11.9. The number of pyridine rings is 1. The first-order valence-electron chi connectivity index (χ1n) is 7.99. The van der Waals surface area contributed by atoms with Gasteiger partial charge in [0.25, 0.3) is 5.56 Å². The summed E-state index contributed by atoms with van der Waals surface area (Å²) in [6.07, 6.45) is 1.61. The Labute approximate surface area is 145 Å². The zero-order valence-corrected chi connectivity index (χ0v) is 14.1. The van der Waals surface area contributed by atoms with Gasteiger partial charge in [0.2, 0.25) is 0 Å². The zero-order valence-electron chi connectivity index (χ0n) is 14.1. The van der Waals surface area contributed by atoms with Crippen molar-refractivity contribution in [2.75, 3.05) is 7.11 Å². The molecular weight excluding hydrogens is 318 g/mol. The molecule has 0 radical (unpaired) electrons. The van der Waals surface area contributed by atoms with E-state index in [4.69, 9.17) is 9.47 Å². The number of hydrogen-bond acceptors (Lipinski definition) is 4. The lowest BCUT2D eigenvalue weighted by molar-refractivity contribution is -0.148. The second-order valence-electron chi connectivity index (χ2n) is 5.75. The fourth-order valence-electron chi connectivity index (χ4n) is 2.64. The summed E-state index contributed by atoms with van der Waals surface area (Å²) in [4.78, 5) is 25.0. The van der Waals surface area contributed by atoms with Crippen LogP contribution in [-0.2, 0) is 16.1 Å². The number of methoxy groups -OCH3 is 1. The van der Waals surface area contributed by atoms with Gasteiger partial charge in [0.05, 0.1) is 7.11 Å². The van der Waals surface area contributed by atoms with Crippen molar-refractivity contribution in [3.8, 4) is 5.75 Å². The van der Waals surface area contributed by atoms with E-state index in [1.165, 1.54) is 4.57 Å². The van der Waals surface area contributed by atoms with Gasteiger partial charge in [-0.15, -0.1) is 0 Å². The summed E-state index contributed by atoms with van der Waals surface area (Å²) in [6.45, 7) is 1.84. The molecule has 0 saturated carbocycles. The summed E-state index contributed by atoms with van der Waals surface area (Å²) in [5.41, 5.74) is 0.672. The number of rotatable bonds is 5. The van der Waals surface area contributed by atoms with Gasteiger partial charge in [0.1, 0.15) is 18.4 Å². The van der Waals surface area contributed by atoms with Crippen molar-refractivity contribution in [1.82, 2.24) is 4.57 Å². The van der Waals surface area contributed by atoms with Crippen LogP contribution in [0.1, 0.15) is 18.5 Å². The van der Waals surface area contributed by atoms with E-state index in [1.54, 1.807) is 44.5 Å². The smallest absolute Gasteiger partial charge is 0.329 e. The van der Waals surface area contributed by atoms with Crippen LogP contribution < -0.4 is 10.3 Å². The maximum absolute atomic E-state index is 12.7. The highest BCUT2D eigenvalue weighted by Crippen LogP contribution is 2.19. The number of benzene rings is 2. The van der Waals surface area contributed by atoms with E-state index in [-0.39, 0.29) is 12.2 Å². The molecule has 1 atom stereocenters. The Morgan fingerprint density at radius 3 is 2.60 bits per heavy atom. The van der Waals surface area contributed by atoms with Crippen LogP contribution in [-0.4, -0.2) is 17.6 Å². The van der Waals surface area contributed by atoms with E-state index >= 15 is 0 Å². The molecule has 0 N–H and O–H groups in total. The number of carbonyl (C=O) groups is 1. The van der Waals surface area contributed by atoms with E-state index in [9.17, 15) is 9.59 Å². The fraction of sp³-hybridized carbons (Fsp3) is 0.200. The predicted octanol–water partition coefficient (Wildman–Crippen LogP) is 3.31. The lowest BCUT2D eigenvalue weighted by Gasteiger charge is -2.15. The molecule has 0 amide bonds. The first kappa shape index (κ1) is 16.8. The summed E-state index contributed by atoms with van der Waals surface area (Å²) in [7, 11) is 1.58. The van der Waals surface area contributed by atoms with Crippen LogP contribution in [0.2, 0.25) is 0 Å². The third-order valence-corrected chi connectivity index (χ3v) is 4.12. The van der Waals surface area contributed by atoms with Crippen molar-refractivity contribution in [2.45, 2.75) is 19.6 Å². The van der Waals surface area contributed by atoms with E-state index in [0.717, 1.165) is 10.9 Å². The van der Waals surface area contributed by atoms with Gasteiger partial charge in [-0.1, -0.05) is 30.3 Å². The monoisotopic (exact) mass is 337 g/mol. The minimum absolute atomic E-state index is 0.184. The Morgan fingerprint density at radius 2 is 1.88 bits per heavy atom. The van der Waals surface area contributed by atoms with E-state index in [0.29, 0.717) is 11.1 Å². The molecular formula is C20H19NO4. The topological polar surface area (TPSA) is 57.5 Å². The lowest BCUT2D eigenvalue weighted by atomic mass is 10.1. The maximum atomic E-state index is 12.7. The highest BCUT2D eigenvalue weighted by molar-refractivity contribution is 5.83. The van der Waals surface area contributed by atoms with Crippen molar-refractivity contribution in [1.29, 1.82) is 0 Å². The maximum Gasteiger partial charge on any atom is 0.329 e. The quantitative estimate of drug-likeness (QED) is 0.670. The fourth-order valence-corrected chi connectivity index (χ4v) is 2.64. The molecule has 2 aromatic carbocycles. The standard InChI is InChI=1S/C20H19NO4/c1-14(20(23)25-13-15-6-4-3-5-7-15)21-11-10-16-12-17(24-2)8-9-18(16)19(21)22/h3-12,14H,13H2,1-2H3. The second-order valence-corrected chi connectivity index (χ2v) is 5.75. The summed E-state index contributed by atoms with van der Waals surface area (Å²) < 4.78 is 11.9. The Balaban J connectivity index is 1.81. The number of fused-ring (bicyclic) bond motifs is 1. The van der Waals surface area contributed by atoms with Crippen LogP contribution in [0.4, 0.5) is 0 Å². The van der Waals surface area contributed by atoms with Crippen LogP contribution >= 0.6 is 0 Å². The molecule has 0 aliphatic rings. The van der Waals surface area contributed by atoms with Crippen LogP contribution in [0.25, 0.3) is 10.8 Å². The highest BCUT2D eigenvalue weighted by Gasteiger charge is 2.18. The largest absolute Gasteiger partial charge is 0.497 e. The Morgan fingerprint density at radius 1 is 1.12 bits per heavy atom. The van der Waals surface area contributed by atoms with Gasteiger partial charge in [-0.3, -0.25) is 4.79 Å². The summed E-state index contributed by atoms with van der Waals surface area (Å²) >= 11 is 0. The molecule has 25 heavy (non-hydrogen) atoms. The molecule has 0 aliphatic carbocycles. The molecule has 1 heterocycles. The predicted molar refractivity (Wildman–Crippen MR) is 95.7 cm³/mol. The molecule has 0 spiro atoms. The van der Waals surface area contributed by atoms with Gasteiger partial charge in [-0.2, -0.15) is 0 Å². The Hall–Kier alpha value is -3.08.